The van der Waals surface area contributed by atoms with Crippen molar-refractivity contribution < 1.29 is 9.53 Å². The summed E-state index contributed by atoms with van der Waals surface area (Å²) in [6, 6.07) is 1.36. The summed E-state index contributed by atoms with van der Waals surface area (Å²) in [6.45, 7) is 8.31. The predicted octanol–water partition coefficient (Wildman–Crippen LogP) is 1.91. The number of fused-ring (bicyclic) bond motifs is 2. The molecule has 0 aromatic carbocycles. The van der Waals surface area contributed by atoms with E-state index in [9.17, 15) is 4.79 Å². The van der Waals surface area contributed by atoms with E-state index in [4.69, 9.17) is 4.74 Å². The highest BCUT2D eigenvalue weighted by atomic mass is 16.5. The molecule has 3 rings (SSSR count). The van der Waals surface area contributed by atoms with Crippen LogP contribution in [0.1, 0.15) is 58.8 Å². The number of carbonyl (C=O) groups is 1. The van der Waals surface area contributed by atoms with Crippen LogP contribution >= 0.6 is 0 Å². The topological polar surface area (TPSA) is 53.6 Å². The Labute approximate surface area is 146 Å². The molecule has 3 fully saturated rings. The Morgan fingerprint density at radius 1 is 1.12 bits per heavy atom. The number of rotatable bonds is 7. The van der Waals surface area contributed by atoms with Gasteiger partial charge in [0.05, 0.1) is 12.2 Å². The summed E-state index contributed by atoms with van der Waals surface area (Å²) in [5, 5.41) is 6.78. The van der Waals surface area contributed by atoms with E-state index in [0.717, 1.165) is 45.4 Å². The highest BCUT2D eigenvalue weighted by molar-refractivity contribution is 5.76. The fraction of sp³-hybridized carbons (Fsp3) is 0.947. The van der Waals surface area contributed by atoms with E-state index >= 15 is 0 Å². The van der Waals surface area contributed by atoms with Gasteiger partial charge in [-0.15, -0.1) is 0 Å². The zero-order valence-corrected chi connectivity index (χ0v) is 15.4. The van der Waals surface area contributed by atoms with Crippen LogP contribution in [0.25, 0.3) is 0 Å². The number of ether oxygens (including phenoxy) is 1. The lowest BCUT2D eigenvalue weighted by Crippen LogP contribution is -2.45. The quantitative estimate of drug-likeness (QED) is 0.697. The van der Waals surface area contributed by atoms with Crippen LogP contribution in [-0.2, 0) is 9.53 Å². The Bertz CT molecular complexity index is 395. The normalized spacial score (nSPS) is 36.7. The molecule has 138 valence electrons. The minimum Gasteiger partial charge on any atom is -0.373 e. The minimum atomic E-state index is 0.259. The third-order valence-corrected chi connectivity index (χ3v) is 5.76. The van der Waals surface area contributed by atoms with Crippen molar-refractivity contribution in [3.63, 3.8) is 0 Å². The zero-order chi connectivity index (χ0) is 16.9. The maximum absolute atomic E-state index is 12.1. The molecule has 24 heavy (non-hydrogen) atoms. The maximum atomic E-state index is 12.1. The van der Waals surface area contributed by atoms with Gasteiger partial charge in [-0.2, -0.15) is 0 Å². The smallest absolute Gasteiger partial charge is 0.220 e. The van der Waals surface area contributed by atoms with Crippen molar-refractivity contribution in [1.82, 2.24) is 15.5 Å². The molecular weight excluding hydrogens is 302 g/mol. The number of piperidine rings is 1. The van der Waals surface area contributed by atoms with Crippen LogP contribution < -0.4 is 10.6 Å². The van der Waals surface area contributed by atoms with Crippen molar-refractivity contribution in [2.75, 3.05) is 26.2 Å². The summed E-state index contributed by atoms with van der Waals surface area (Å²) in [6.07, 6.45) is 8.63. The number of nitrogens with one attached hydrogen (secondary N) is 2. The van der Waals surface area contributed by atoms with Crippen molar-refractivity contribution in [2.24, 2.45) is 5.92 Å². The molecule has 0 aromatic heterocycles. The standard InChI is InChI=1S/C19H35N3O2/c1-14-12-22(13-15(2)24-14)8-4-3-7-20-19(23)11-16-9-17-5-6-18(10-16)21-17/h14-18,21H,3-13H2,1-2H3,(H,20,23). The van der Waals surface area contributed by atoms with Gasteiger partial charge in [0, 0.05) is 38.1 Å². The zero-order valence-electron chi connectivity index (χ0n) is 15.4. The summed E-state index contributed by atoms with van der Waals surface area (Å²) in [7, 11) is 0. The Balaban J connectivity index is 1.23. The second-order valence-corrected chi connectivity index (χ2v) is 8.25. The predicted molar refractivity (Wildman–Crippen MR) is 96.0 cm³/mol. The molecule has 0 saturated carbocycles. The molecule has 3 aliphatic rings. The summed E-state index contributed by atoms with van der Waals surface area (Å²) in [5.74, 6) is 0.856. The van der Waals surface area contributed by atoms with Crippen LogP contribution in [0, 0.1) is 5.92 Å². The van der Waals surface area contributed by atoms with E-state index in [-0.39, 0.29) is 5.91 Å². The van der Waals surface area contributed by atoms with Gasteiger partial charge < -0.3 is 15.4 Å². The van der Waals surface area contributed by atoms with Crippen LogP contribution in [-0.4, -0.2) is 61.3 Å². The molecule has 4 unspecified atom stereocenters. The first-order valence-corrected chi connectivity index (χ1v) is 9.99. The van der Waals surface area contributed by atoms with Gasteiger partial charge in [0.2, 0.25) is 5.91 Å². The van der Waals surface area contributed by atoms with Crippen molar-refractivity contribution in [2.45, 2.75) is 83.1 Å². The van der Waals surface area contributed by atoms with Gasteiger partial charge in [0.15, 0.2) is 0 Å². The van der Waals surface area contributed by atoms with E-state index < -0.39 is 0 Å². The molecule has 0 aliphatic carbocycles. The molecule has 3 saturated heterocycles. The fourth-order valence-electron chi connectivity index (χ4n) is 4.83. The SMILES string of the molecule is CC1CN(CCCCNC(=O)CC2CC3CCC(C2)N3)CC(C)O1. The lowest BCUT2D eigenvalue weighted by molar-refractivity contribution is -0.122. The molecule has 2 N–H and O–H groups in total. The van der Waals surface area contributed by atoms with Crippen LogP contribution in [0.5, 0.6) is 0 Å². The molecule has 0 radical (unpaired) electrons. The second-order valence-electron chi connectivity index (χ2n) is 8.25. The lowest BCUT2D eigenvalue weighted by Gasteiger charge is -2.35. The average Bonchev–Trinajstić information content (AvgIpc) is 2.85. The van der Waals surface area contributed by atoms with Crippen molar-refractivity contribution in [1.29, 1.82) is 0 Å². The molecule has 0 spiro atoms. The van der Waals surface area contributed by atoms with E-state index in [1.807, 2.05) is 0 Å². The van der Waals surface area contributed by atoms with E-state index in [1.54, 1.807) is 0 Å². The van der Waals surface area contributed by atoms with Gasteiger partial charge >= 0.3 is 0 Å². The lowest BCUT2D eigenvalue weighted by atomic mass is 9.89. The van der Waals surface area contributed by atoms with E-state index in [2.05, 4.69) is 29.4 Å². The first-order chi connectivity index (χ1) is 11.6. The molecule has 4 atom stereocenters. The second kappa shape index (κ2) is 8.63. The molecule has 3 heterocycles. The Kier molecular flexibility index (Phi) is 6.53. The Morgan fingerprint density at radius 2 is 1.79 bits per heavy atom. The van der Waals surface area contributed by atoms with Gasteiger partial charge in [-0.1, -0.05) is 0 Å². The van der Waals surface area contributed by atoms with Gasteiger partial charge in [-0.25, -0.2) is 0 Å². The molecule has 0 aromatic rings. The highest BCUT2D eigenvalue weighted by Gasteiger charge is 2.34. The molecular formula is C19H35N3O2. The van der Waals surface area contributed by atoms with Crippen LogP contribution in [0.3, 0.4) is 0 Å². The molecule has 2 bridgehead atoms. The largest absolute Gasteiger partial charge is 0.373 e. The molecule has 1 amide bonds. The van der Waals surface area contributed by atoms with Crippen molar-refractivity contribution >= 4 is 5.91 Å². The van der Waals surface area contributed by atoms with E-state index in [0.29, 0.717) is 30.2 Å². The first-order valence-electron chi connectivity index (χ1n) is 9.99. The van der Waals surface area contributed by atoms with Gasteiger partial charge in [0.1, 0.15) is 0 Å². The summed E-state index contributed by atoms with van der Waals surface area (Å²) in [4.78, 5) is 14.6. The van der Waals surface area contributed by atoms with Crippen molar-refractivity contribution in [3.05, 3.63) is 0 Å². The monoisotopic (exact) mass is 337 g/mol. The van der Waals surface area contributed by atoms with E-state index in [1.165, 1.54) is 25.7 Å². The average molecular weight is 338 g/mol. The van der Waals surface area contributed by atoms with Crippen LogP contribution in [0.2, 0.25) is 0 Å². The molecule has 5 heteroatoms. The third-order valence-electron chi connectivity index (χ3n) is 5.76. The van der Waals surface area contributed by atoms with Crippen LogP contribution in [0.15, 0.2) is 0 Å². The fourth-order valence-corrected chi connectivity index (χ4v) is 4.83. The van der Waals surface area contributed by atoms with Crippen LogP contribution in [0.4, 0.5) is 0 Å². The summed E-state index contributed by atoms with van der Waals surface area (Å²) in [5.41, 5.74) is 0. The third kappa shape index (κ3) is 5.43. The number of unbranched alkanes of at least 4 members (excludes halogenated alkanes) is 1. The van der Waals surface area contributed by atoms with Gasteiger partial charge in [0.25, 0.3) is 0 Å². The number of nitrogens with zero attached hydrogens (tertiary/aromatic N) is 1. The Hall–Kier alpha value is -0.650. The highest BCUT2D eigenvalue weighted by Crippen LogP contribution is 2.32. The molecule has 3 aliphatic heterocycles. The van der Waals surface area contributed by atoms with Gasteiger partial charge in [-0.3, -0.25) is 9.69 Å². The summed E-state index contributed by atoms with van der Waals surface area (Å²) < 4.78 is 5.76. The number of amides is 1. The number of hydrogen-bond donors (Lipinski definition) is 2. The Morgan fingerprint density at radius 3 is 2.46 bits per heavy atom. The van der Waals surface area contributed by atoms with Crippen molar-refractivity contribution in [3.8, 4) is 0 Å². The van der Waals surface area contributed by atoms with Gasteiger partial charge in [-0.05, 0) is 64.8 Å². The number of hydrogen-bond acceptors (Lipinski definition) is 4. The number of morpholine rings is 1. The first kappa shape index (κ1) is 18.2. The maximum Gasteiger partial charge on any atom is 0.220 e. The number of carbonyl (C=O) groups excluding carboxylic acids is 1. The minimum absolute atomic E-state index is 0.259. The summed E-state index contributed by atoms with van der Waals surface area (Å²) >= 11 is 0. The molecule has 5 nitrogen and oxygen atoms in total.